The van der Waals surface area contributed by atoms with Gasteiger partial charge in [0.15, 0.2) is 0 Å². The highest BCUT2D eigenvalue weighted by Crippen LogP contribution is 2.47. The molecule has 0 saturated heterocycles. The summed E-state index contributed by atoms with van der Waals surface area (Å²) in [5.41, 5.74) is 7.69. The van der Waals surface area contributed by atoms with Crippen molar-refractivity contribution in [2.75, 3.05) is 0 Å². The van der Waals surface area contributed by atoms with Gasteiger partial charge in [0.25, 0.3) is 0 Å². The van der Waals surface area contributed by atoms with E-state index in [4.69, 9.17) is 4.74 Å². The first-order valence-electron chi connectivity index (χ1n) is 10.9. The van der Waals surface area contributed by atoms with Crippen LogP contribution < -0.4 is 4.74 Å². The zero-order valence-corrected chi connectivity index (χ0v) is 19.3. The lowest BCUT2D eigenvalue weighted by atomic mass is 9.79. The first kappa shape index (κ1) is 20.7. The number of ether oxygens (including phenoxy) is 1. The SMILES string of the molecule is Cc1cc(CC2c3ccc(C(C)(C)C)cc3Oc3cc(C(C)(C)C)ccc32)ccn1. The Morgan fingerprint density at radius 3 is 1.77 bits per heavy atom. The van der Waals surface area contributed by atoms with E-state index in [1.54, 1.807) is 0 Å². The Morgan fingerprint density at radius 1 is 0.767 bits per heavy atom. The van der Waals surface area contributed by atoms with Crippen LogP contribution in [0.5, 0.6) is 11.5 Å². The van der Waals surface area contributed by atoms with Crippen LogP contribution in [0, 0.1) is 6.92 Å². The van der Waals surface area contributed by atoms with Crippen molar-refractivity contribution in [2.45, 2.75) is 71.6 Å². The van der Waals surface area contributed by atoms with Crippen molar-refractivity contribution in [3.05, 3.63) is 88.2 Å². The molecule has 0 unspecified atom stereocenters. The maximum Gasteiger partial charge on any atom is 0.131 e. The third-order valence-corrected chi connectivity index (χ3v) is 6.13. The van der Waals surface area contributed by atoms with Gasteiger partial charge in [0, 0.05) is 28.9 Å². The highest BCUT2D eigenvalue weighted by Gasteiger charge is 2.30. The van der Waals surface area contributed by atoms with Gasteiger partial charge in [-0.25, -0.2) is 0 Å². The van der Waals surface area contributed by atoms with Gasteiger partial charge in [-0.2, -0.15) is 0 Å². The van der Waals surface area contributed by atoms with Crippen molar-refractivity contribution in [2.24, 2.45) is 0 Å². The first-order valence-corrected chi connectivity index (χ1v) is 10.9. The Balaban J connectivity index is 1.84. The van der Waals surface area contributed by atoms with Crippen LogP contribution in [0.3, 0.4) is 0 Å². The molecule has 1 aliphatic heterocycles. The van der Waals surface area contributed by atoms with Crippen molar-refractivity contribution in [1.82, 2.24) is 4.98 Å². The van der Waals surface area contributed by atoms with Crippen LogP contribution >= 0.6 is 0 Å². The second-order valence-electron chi connectivity index (χ2n) is 10.7. The average Bonchev–Trinajstić information content (AvgIpc) is 2.65. The molecule has 156 valence electrons. The molecule has 0 N–H and O–H groups in total. The summed E-state index contributed by atoms with van der Waals surface area (Å²) >= 11 is 0. The van der Waals surface area contributed by atoms with E-state index >= 15 is 0 Å². The molecule has 0 spiro atoms. The smallest absolute Gasteiger partial charge is 0.131 e. The Labute approximate surface area is 181 Å². The Morgan fingerprint density at radius 2 is 1.30 bits per heavy atom. The summed E-state index contributed by atoms with van der Waals surface area (Å²) in [5.74, 6) is 2.27. The van der Waals surface area contributed by atoms with Crippen molar-refractivity contribution in [1.29, 1.82) is 0 Å². The lowest BCUT2D eigenvalue weighted by Gasteiger charge is -2.32. The predicted molar refractivity (Wildman–Crippen MR) is 125 cm³/mol. The molecule has 2 nitrogen and oxygen atoms in total. The number of hydrogen-bond acceptors (Lipinski definition) is 2. The molecule has 1 aliphatic rings. The minimum Gasteiger partial charge on any atom is -0.457 e. The maximum absolute atomic E-state index is 6.53. The fourth-order valence-electron chi connectivity index (χ4n) is 4.23. The second kappa shape index (κ2) is 7.27. The van der Waals surface area contributed by atoms with E-state index in [-0.39, 0.29) is 16.7 Å². The quantitative estimate of drug-likeness (QED) is 0.446. The van der Waals surface area contributed by atoms with Gasteiger partial charge in [0.1, 0.15) is 11.5 Å². The van der Waals surface area contributed by atoms with Crippen LogP contribution in [0.15, 0.2) is 54.7 Å². The number of aromatic nitrogens is 1. The highest BCUT2D eigenvalue weighted by molar-refractivity contribution is 5.57. The molecular weight excluding hydrogens is 366 g/mol. The zero-order chi connectivity index (χ0) is 21.7. The van der Waals surface area contributed by atoms with Gasteiger partial charge in [0.2, 0.25) is 0 Å². The van der Waals surface area contributed by atoms with Crippen molar-refractivity contribution < 1.29 is 4.74 Å². The van der Waals surface area contributed by atoms with E-state index in [1.165, 1.54) is 27.8 Å². The summed E-state index contributed by atoms with van der Waals surface area (Å²) in [6.45, 7) is 15.6. The van der Waals surface area contributed by atoms with Crippen molar-refractivity contribution >= 4 is 0 Å². The summed E-state index contributed by atoms with van der Waals surface area (Å²) in [4.78, 5) is 4.37. The minimum atomic E-state index is 0.0869. The van der Waals surface area contributed by atoms with Gasteiger partial charge in [-0.1, -0.05) is 65.8 Å². The molecule has 0 aliphatic carbocycles. The summed E-state index contributed by atoms with van der Waals surface area (Å²) in [6, 6.07) is 17.9. The molecule has 2 heterocycles. The van der Waals surface area contributed by atoms with Crippen LogP contribution in [-0.4, -0.2) is 4.98 Å². The molecule has 0 radical (unpaired) electrons. The second-order valence-corrected chi connectivity index (χ2v) is 10.7. The number of nitrogens with zero attached hydrogens (tertiary/aromatic N) is 1. The van der Waals surface area contributed by atoms with Gasteiger partial charge < -0.3 is 4.74 Å². The number of fused-ring (bicyclic) bond motifs is 2. The van der Waals surface area contributed by atoms with E-state index in [1.807, 2.05) is 6.20 Å². The number of pyridine rings is 1. The fraction of sp³-hybridized carbons (Fsp3) is 0.393. The van der Waals surface area contributed by atoms with Gasteiger partial charge in [-0.05, 0) is 65.1 Å². The first-order chi connectivity index (χ1) is 14.0. The van der Waals surface area contributed by atoms with Crippen LogP contribution in [0.2, 0.25) is 0 Å². The number of rotatable bonds is 2. The Kier molecular flexibility index (Phi) is 5.00. The van der Waals surface area contributed by atoms with E-state index in [0.29, 0.717) is 0 Å². The van der Waals surface area contributed by atoms with Gasteiger partial charge >= 0.3 is 0 Å². The molecule has 0 saturated carbocycles. The number of hydrogen-bond donors (Lipinski definition) is 0. The number of benzene rings is 2. The molecular formula is C28H33NO. The zero-order valence-electron chi connectivity index (χ0n) is 19.3. The van der Waals surface area contributed by atoms with E-state index in [9.17, 15) is 0 Å². The molecule has 2 aromatic carbocycles. The van der Waals surface area contributed by atoms with Crippen molar-refractivity contribution in [3.63, 3.8) is 0 Å². The standard InChI is InChI=1S/C28H33NO/c1-18-14-19(12-13-29-18)15-24-22-10-8-20(27(2,3)4)16-25(22)30-26-17-21(28(5,6)7)9-11-23(24)26/h8-14,16-17,24H,15H2,1-7H3. The molecule has 1 aromatic heterocycles. The van der Waals surface area contributed by atoms with Crippen LogP contribution in [0.25, 0.3) is 0 Å². The third-order valence-electron chi connectivity index (χ3n) is 6.13. The number of aryl methyl sites for hydroxylation is 1. The summed E-state index contributed by atoms with van der Waals surface area (Å²) in [7, 11) is 0. The lowest BCUT2D eigenvalue weighted by Crippen LogP contribution is -2.17. The maximum atomic E-state index is 6.53. The molecule has 3 aromatic rings. The van der Waals surface area contributed by atoms with Crippen LogP contribution in [0.4, 0.5) is 0 Å². The fourth-order valence-corrected chi connectivity index (χ4v) is 4.23. The molecule has 0 fully saturated rings. The largest absolute Gasteiger partial charge is 0.457 e. The van der Waals surface area contributed by atoms with Gasteiger partial charge in [-0.3, -0.25) is 4.98 Å². The Bertz CT molecular complexity index is 1020. The summed E-state index contributed by atoms with van der Waals surface area (Å²) in [6.07, 6.45) is 2.85. The van der Waals surface area contributed by atoms with Crippen LogP contribution in [-0.2, 0) is 17.3 Å². The molecule has 0 amide bonds. The molecule has 30 heavy (non-hydrogen) atoms. The van der Waals surface area contributed by atoms with Gasteiger partial charge in [0.05, 0.1) is 0 Å². The molecule has 2 heteroatoms. The van der Waals surface area contributed by atoms with Gasteiger partial charge in [-0.15, -0.1) is 0 Å². The average molecular weight is 400 g/mol. The summed E-state index contributed by atoms with van der Waals surface area (Å²) in [5, 5.41) is 0. The predicted octanol–water partition coefficient (Wildman–Crippen LogP) is 7.47. The molecule has 0 atom stereocenters. The Hall–Kier alpha value is -2.61. The van der Waals surface area contributed by atoms with Crippen LogP contribution in [0.1, 0.15) is 81.0 Å². The lowest BCUT2D eigenvalue weighted by molar-refractivity contribution is 0.438. The van der Waals surface area contributed by atoms with E-state index in [0.717, 1.165) is 23.6 Å². The topological polar surface area (TPSA) is 22.1 Å². The monoisotopic (exact) mass is 399 g/mol. The molecule has 0 bridgehead atoms. The normalized spacial score (nSPS) is 14.1. The van der Waals surface area contributed by atoms with Crippen molar-refractivity contribution in [3.8, 4) is 11.5 Å². The van der Waals surface area contributed by atoms with E-state index < -0.39 is 0 Å². The summed E-state index contributed by atoms with van der Waals surface area (Å²) < 4.78 is 6.53. The third kappa shape index (κ3) is 4.01. The molecule has 4 rings (SSSR count). The van der Waals surface area contributed by atoms with E-state index in [2.05, 4.69) is 102 Å². The highest BCUT2D eigenvalue weighted by atomic mass is 16.5. The minimum absolute atomic E-state index is 0.0869.